The summed E-state index contributed by atoms with van der Waals surface area (Å²) in [6.45, 7) is 6.78. The third kappa shape index (κ3) is 2.72. The molecule has 0 saturated carbocycles. The van der Waals surface area contributed by atoms with Gasteiger partial charge in [0.15, 0.2) is 11.5 Å². The monoisotopic (exact) mass is 288 g/mol. The Hall–Kier alpha value is -1.69. The third-order valence-corrected chi connectivity index (χ3v) is 4.36. The Morgan fingerprint density at radius 2 is 1.86 bits per heavy atom. The Labute approximate surface area is 125 Å². The molecule has 0 unspecified atom stereocenters. The van der Waals surface area contributed by atoms with E-state index in [-0.39, 0.29) is 0 Å². The molecule has 3 rings (SSSR count). The Bertz CT molecular complexity index is 610. The van der Waals surface area contributed by atoms with Crippen molar-refractivity contribution >= 4 is 11.5 Å². The van der Waals surface area contributed by atoms with E-state index in [1.807, 2.05) is 35.6 Å². The summed E-state index contributed by atoms with van der Waals surface area (Å²) >= 11 is 0. The SMILES string of the molecule is CC(C)N1CCC(c2nnc3ccc(N(C)C)nn23)CC1. The Morgan fingerprint density at radius 1 is 1.14 bits per heavy atom. The predicted molar refractivity (Wildman–Crippen MR) is 83.8 cm³/mol. The second-order valence-electron chi connectivity index (χ2n) is 6.32. The molecule has 0 bridgehead atoms. The van der Waals surface area contributed by atoms with E-state index in [1.54, 1.807) is 0 Å². The fourth-order valence-corrected chi connectivity index (χ4v) is 2.96. The van der Waals surface area contributed by atoms with Gasteiger partial charge in [0, 0.05) is 26.1 Å². The number of aromatic nitrogens is 4. The first kappa shape index (κ1) is 14.3. The van der Waals surface area contributed by atoms with Crippen LogP contribution in [0.25, 0.3) is 5.65 Å². The molecule has 3 heterocycles. The average molecular weight is 288 g/mol. The molecule has 6 nitrogen and oxygen atoms in total. The number of piperidine rings is 1. The minimum atomic E-state index is 0.458. The topological polar surface area (TPSA) is 49.6 Å². The predicted octanol–water partition coefficient (Wildman–Crippen LogP) is 1.78. The van der Waals surface area contributed by atoms with Crippen molar-refractivity contribution in [2.75, 3.05) is 32.1 Å². The lowest BCUT2D eigenvalue weighted by atomic mass is 9.95. The fraction of sp³-hybridized carbons (Fsp3) is 0.667. The van der Waals surface area contributed by atoms with Gasteiger partial charge in [0.05, 0.1) is 0 Å². The fourth-order valence-electron chi connectivity index (χ4n) is 2.96. The number of anilines is 1. The molecule has 0 aromatic carbocycles. The Morgan fingerprint density at radius 3 is 2.48 bits per heavy atom. The molecule has 0 radical (unpaired) electrons. The van der Waals surface area contributed by atoms with Crippen LogP contribution in [-0.2, 0) is 0 Å². The summed E-state index contributed by atoms with van der Waals surface area (Å²) in [5.41, 5.74) is 0.835. The summed E-state index contributed by atoms with van der Waals surface area (Å²) in [6.07, 6.45) is 2.26. The summed E-state index contributed by atoms with van der Waals surface area (Å²) < 4.78 is 1.92. The molecule has 0 N–H and O–H groups in total. The van der Waals surface area contributed by atoms with Crippen LogP contribution >= 0.6 is 0 Å². The van der Waals surface area contributed by atoms with Gasteiger partial charge in [-0.25, -0.2) is 0 Å². The number of fused-ring (bicyclic) bond motifs is 1. The molecule has 114 valence electrons. The normalized spacial score (nSPS) is 17.8. The zero-order valence-electron chi connectivity index (χ0n) is 13.3. The molecule has 0 amide bonds. The highest BCUT2D eigenvalue weighted by atomic mass is 15.4. The van der Waals surface area contributed by atoms with Gasteiger partial charge in [0.2, 0.25) is 0 Å². The van der Waals surface area contributed by atoms with Gasteiger partial charge >= 0.3 is 0 Å². The van der Waals surface area contributed by atoms with Crippen molar-refractivity contribution in [1.82, 2.24) is 24.7 Å². The van der Waals surface area contributed by atoms with Gasteiger partial charge in [-0.15, -0.1) is 15.3 Å². The highest BCUT2D eigenvalue weighted by Gasteiger charge is 2.26. The minimum Gasteiger partial charge on any atom is -0.361 e. The van der Waals surface area contributed by atoms with Crippen LogP contribution in [0.2, 0.25) is 0 Å². The van der Waals surface area contributed by atoms with Crippen LogP contribution in [-0.4, -0.2) is 57.9 Å². The standard InChI is InChI=1S/C15H24N6/c1-11(2)20-9-7-12(8-10-20)15-17-16-13-5-6-14(19(3)4)18-21(13)15/h5-6,11-12H,7-10H2,1-4H3. The lowest BCUT2D eigenvalue weighted by molar-refractivity contribution is 0.169. The molecule has 6 heteroatoms. The van der Waals surface area contributed by atoms with Crippen molar-refractivity contribution < 1.29 is 0 Å². The maximum Gasteiger partial charge on any atom is 0.178 e. The van der Waals surface area contributed by atoms with E-state index in [4.69, 9.17) is 0 Å². The van der Waals surface area contributed by atoms with Crippen LogP contribution in [0.1, 0.15) is 38.4 Å². The first-order chi connectivity index (χ1) is 10.1. The number of nitrogens with zero attached hydrogens (tertiary/aromatic N) is 6. The summed E-state index contributed by atoms with van der Waals surface area (Å²) in [6, 6.07) is 4.59. The largest absolute Gasteiger partial charge is 0.361 e. The molecule has 1 fully saturated rings. The molecule has 21 heavy (non-hydrogen) atoms. The van der Waals surface area contributed by atoms with Crippen molar-refractivity contribution in [3.63, 3.8) is 0 Å². The van der Waals surface area contributed by atoms with E-state index in [1.165, 1.54) is 0 Å². The zero-order valence-corrected chi connectivity index (χ0v) is 13.3. The van der Waals surface area contributed by atoms with Crippen LogP contribution in [0.3, 0.4) is 0 Å². The number of rotatable bonds is 3. The number of likely N-dealkylation sites (tertiary alicyclic amines) is 1. The van der Waals surface area contributed by atoms with E-state index in [0.29, 0.717) is 12.0 Å². The lowest BCUT2D eigenvalue weighted by Crippen LogP contribution is -2.38. The summed E-state index contributed by atoms with van der Waals surface area (Å²) in [5.74, 6) is 2.40. The quantitative estimate of drug-likeness (QED) is 0.861. The molecule has 1 aliphatic rings. The highest BCUT2D eigenvalue weighted by molar-refractivity contribution is 5.45. The van der Waals surface area contributed by atoms with Gasteiger partial charge in [0.1, 0.15) is 5.82 Å². The maximum atomic E-state index is 4.67. The molecule has 1 saturated heterocycles. The number of hydrogen-bond acceptors (Lipinski definition) is 5. The molecule has 0 spiro atoms. The summed E-state index contributed by atoms with van der Waals surface area (Å²) in [7, 11) is 4.00. The van der Waals surface area contributed by atoms with Crippen molar-refractivity contribution in [2.45, 2.75) is 38.6 Å². The average Bonchev–Trinajstić information content (AvgIpc) is 2.90. The van der Waals surface area contributed by atoms with Crippen LogP contribution in [0, 0.1) is 0 Å². The van der Waals surface area contributed by atoms with Crippen molar-refractivity contribution in [3.8, 4) is 0 Å². The Kier molecular flexibility index (Phi) is 3.80. The number of hydrogen-bond donors (Lipinski definition) is 0. The smallest absolute Gasteiger partial charge is 0.178 e. The van der Waals surface area contributed by atoms with E-state index in [0.717, 1.165) is 43.2 Å². The molecule has 0 aliphatic carbocycles. The molecular formula is C15H24N6. The minimum absolute atomic E-state index is 0.458. The Balaban J connectivity index is 1.86. The van der Waals surface area contributed by atoms with Crippen LogP contribution in [0.5, 0.6) is 0 Å². The first-order valence-corrected chi connectivity index (χ1v) is 7.70. The van der Waals surface area contributed by atoms with Crippen LogP contribution in [0.15, 0.2) is 12.1 Å². The van der Waals surface area contributed by atoms with E-state index < -0.39 is 0 Å². The molecule has 1 aliphatic heterocycles. The van der Waals surface area contributed by atoms with Gasteiger partial charge in [-0.3, -0.25) is 0 Å². The summed E-state index contributed by atoms with van der Waals surface area (Å²) in [5, 5.41) is 13.3. The molecule has 2 aromatic rings. The van der Waals surface area contributed by atoms with Gasteiger partial charge in [-0.1, -0.05) is 0 Å². The van der Waals surface area contributed by atoms with E-state index in [9.17, 15) is 0 Å². The van der Waals surface area contributed by atoms with Crippen LogP contribution < -0.4 is 4.90 Å². The molecule has 0 atom stereocenters. The van der Waals surface area contributed by atoms with E-state index in [2.05, 4.69) is 34.0 Å². The lowest BCUT2D eigenvalue weighted by Gasteiger charge is -2.33. The second kappa shape index (κ2) is 5.60. The molecular weight excluding hydrogens is 264 g/mol. The zero-order chi connectivity index (χ0) is 15.0. The third-order valence-electron chi connectivity index (χ3n) is 4.36. The van der Waals surface area contributed by atoms with Gasteiger partial charge in [0.25, 0.3) is 0 Å². The van der Waals surface area contributed by atoms with Crippen molar-refractivity contribution in [2.24, 2.45) is 0 Å². The van der Waals surface area contributed by atoms with Crippen molar-refractivity contribution in [3.05, 3.63) is 18.0 Å². The maximum absolute atomic E-state index is 4.67. The first-order valence-electron chi connectivity index (χ1n) is 7.70. The van der Waals surface area contributed by atoms with Crippen molar-refractivity contribution in [1.29, 1.82) is 0 Å². The van der Waals surface area contributed by atoms with Gasteiger partial charge in [-0.2, -0.15) is 4.52 Å². The summed E-state index contributed by atoms with van der Waals surface area (Å²) in [4.78, 5) is 4.53. The highest BCUT2D eigenvalue weighted by Crippen LogP contribution is 2.27. The van der Waals surface area contributed by atoms with Crippen LogP contribution in [0.4, 0.5) is 5.82 Å². The van der Waals surface area contributed by atoms with E-state index >= 15 is 0 Å². The van der Waals surface area contributed by atoms with Gasteiger partial charge < -0.3 is 9.80 Å². The second-order valence-corrected chi connectivity index (χ2v) is 6.32. The molecule has 2 aromatic heterocycles. The van der Waals surface area contributed by atoms with Gasteiger partial charge in [-0.05, 0) is 51.9 Å².